The fourth-order valence-corrected chi connectivity index (χ4v) is 3.29. The number of ether oxygens (including phenoxy) is 2. The highest BCUT2D eigenvalue weighted by Gasteiger charge is 2.05. The lowest BCUT2D eigenvalue weighted by Crippen LogP contribution is -2.16. The third kappa shape index (κ3) is 4.35. The zero-order valence-corrected chi connectivity index (χ0v) is 15.9. The highest BCUT2D eigenvalue weighted by atomic mass is 16.5. The first-order chi connectivity index (χ1) is 13.8. The summed E-state index contributed by atoms with van der Waals surface area (Å²) in [4.78, 5) is 3.33. The average molecular weight is 372 g/mol. The standard InChI is InChI=1S/C24H24N2O2/c1-27-21-10-11-24-23(15-21)19(17-26-24)12-13-25-16-18-6-5-9-22(14-18)28-20-7-3-2-4-8-20/h2-11,14-15,17,25-26H,12-13,16H2,1H3. The normalized spacial score (nSPS) is 10.9. The third-order valence-electron chi connectivity index (χ3n) is 4.75. The quantitative estimate of drug-likeness (QED) is 0.413. The molecule has 0 bridgehead atoms. The van der Waals surface area contributed by atoms with Crippen molar-refractivity contribution in [2.75, 3.05) is 13.7 Å². The Labute approximate surface area is 165 Å². The SMILES string of the molecule is COc1ccc2[nH]cc(CCNCc3cccc(Oc4ccccc4)c3)c2c1. The van der Waals surface area contributed by atoms with Crippen LogP contribution in [-0.2, 0) is 13.0 Å². The highest BCUT2D eigenvalue weighted by Crippen LogP contribution is 2.24. The van der Waals surface area contributed by atoms with Gasteiger partial charge in [-0.05, 0) is 66.6 Å². The largest absolute Gasteiger partial charge is 0.497 e. The van der Waals surface area contributed by atoms with Crippen LogP contribution in [0.5, 0.6) is 17.2 Å². The number of fused-ring (bicyclic) bond motifs is 1. The van der Waals surface area contributed by atoms with Gasteiger partial charge in [0.05, 0.1) is 7.11 Å². The monoisotopic (exact) mass is 372 g/mol. The molecule has 0 saturated carbocycles. The maximum atomic E-state index is 5.91. The second kappa shape index (κ2) is 8.63. The van der Waals surface area contributed by atoms with E-state index in [-0.39, 0.29) is 0 Å². The van der Waals surface area contributed by atoms with E-state index in [1.54, 1.807) is 7.11 Å². The summed E-state index contributed by atoms with van der Waals surface area (Å²) in [7, 11) is 1.70. The highest BCUT2D eigenvalue weighted by molar-refractivity contribution is 5.84. The predicted molar refractivity (Wildman–Crippen MR) is 113 cm³/mol. The number of hydrogen-bond acceptors (Lipinski definition) is 3. The molecule has 142 valence electrons. The van der Waals surface area contributed by atoms with Gasteiger partial charge < -0.3 is 19.8 Å². The molecule has 1 aromatic heterocycles. The number of nitrogens with one attached hydrogen (secondary N) is 2. The van der Waals surface area contributed by atoms with Gasteiger partial charge in [-0.1, -0.05) is 30.3 Å². The van der Waals surface area contributed by atoms with Gasteiger partial charge >= 0.3 is 0 Å². The van der Waals surface area contributed by atoms with Gasteiger partial charge in [-0.25, -0.2) is 0 Å². The van der Waals surface area contributed by atoms with Crippen molar-refractivity contribution in [3.05, 3.63) is 90.1 Å². The van der Waals surface area contributed by atoms with E-state index in [1.165, 1.54) is 16.5 Å². The van der Waals surface area contributed by atoms with Gasteiger partial charge in [0.1, 0.15) is 17.2 Å². The molecular weight excluding hydrogens is 348 g/mol. The van der Waals surface area contributed by atoms with Crippen LogP contribution in [0.1, 0.15) is 11.1 Å². The molecule has 0 aliphatic heterocycles. The smallest absolute Gasteiger partial charge is 0.127 e. The summed E-state index contributed by atoms with van der Waals surface area (Å²) in [5.41, 5.74) is 3.64. The van der Waals surface area contributed by atoms with Crippen LogP contribution in [0, 0.1) is 0 Å². The van der Waals surface area contributed by atoms with E-state index in [9.17, 15) is 0 Å². The maximum absolute atomic E-state index is 5.91. The Hall–Kier alpha value is -3.24. The fraction of sp³-hybridized carbons (Fsp3) is 0.167. The van der Waals surface area contributed by atoms with E-state index in [0.29, 0.717) is 0 Å². The van der Waals surface area contributed by atoms with Crippen LogP contribution in [0.4, 0.5) is 0 Å². The molecule has 0 amide bonds. The van der Waals surface area contributed by atoms with Crippen LogP contribution in [0.25, 0.3) is 10.9 Å². The van der Waals surface area contributed by atoms with Gasteiger partial charge in [-0.3, -0.25) is 0 Å². The molecule has 4 aromatic rings. The zero-order chi connectivity index (χ0) is 19.2. The van der Waals surface area contributed by atoms with E-state index in [4.69, 9.17) is 9.47 Å². The van der Waals surface area contributed by atoms with Gasteiger partial charge in [0.25, 0.3) is 0 Å². The number of H-pyrrole nitrogens is 1. The Kier molecular flexibility index (Phi) is 5.59. The molecule has 4 heteroatoms. The molecule has 0 aliphatic rings. The molecular formula is C24H24N2O2. The molecule has 4 nitrogen and oxygen atoms in total. The minimum Gasteiger partial charge on any atom is -0.497 e. The van der Waals surface area contributed by atoms with Crippen molar-refractivity contribution in [2.45, 2.75) is 13.0 Å². The summed E-state index contributed by atoms with van der Waals surface area (Å²) in [6.45, 7) is 1.70. The molecule has 3 aromatic carbocycles. The molecule has 1 heterocycles. The van der Waals surface area contributed by atoms with Crippen molar-refractivity contribution < 1.29 is 9.47 Å². The average Bonchev–Trinajstić information content (AvgIpc) is 3.14. The molecule has 0 unspecified atom stereocenters. The maximum Gasteiger partial charge on any atom is 0.127 e. The molecule has 0 atom stereocenters. The van der Waals surface area contributed by atoms with Crippen LogP contribution in [0.2, 0.25) is 0 Å². The molecule has 2 N–H and O–H groups in total. The third-order valence-corrected chi connectivity index (χ3v) is 4.75. The molecule has 0 spiro atoms. The number of para-hydroxylation sites is 1. The van der Waals surface area contributed by atoms with Gasteiger partial charge in [0.2, 0.25) is 0 Å². The first-order valence-electron chi connectivity index (χ1n) is 9.48. The van der Waals surface area contributed by atoms with E-state index in [0.717, 1.165) is 42.3 Å². The van der Waals surface area contributed by atoms with Crippen molar-refractivity contribution >= 4 is 10.9 Å². The van der Waals surface area contributed by atoms with E-state index < -0.39 is 0 Å². The van der Waals surface area contributed by atoms with Crippen LogP contribution in [0.3, 0.4) is 0 Å². The van der Waals surface area contributed by atoms with Gasteiger partial charge in [0.15, 0.2) is 0 Å². The molecule has 0 fully saturated rings. The summed E-state index contributed by atoms with van der Waals surface area (Å²) in [5.74, 6) is 2.59. The van der Waals surface area contributed by atoms with Crippen LogP contribution < -0.4 is 14.8 Å². The Morgan fingerprint density at radius 3 is 2.57 bits per heavy atom. The van der Waals surface area contributed by atoms with Crippen molar-refractivity contribution in [2.24, 2.45) is 0 Å². The lowest BCUT2D eigenvalue weighted by Gasteiger charge is -2.09. The van der Waals surface area contributed by atoms with E-state index in [2.05, 4.69) is 40.8 Å². The van der Waals surface area contributed by atoms with Crippen molar-refractivity contribution in [3.63, 3.8) is 0 Å². The van der Waals surface area contributed by atoms with Crippen LogP contribution in [-0.4, -0.2) is 18.6 Å². The molecule has 0 saturated heterocycles. The Morgan fingerprint density at radius 2 is 1.71 bits per heavy atom. The summed E-state index contributed by atoms with van der Waals surface area (Å²) < 4.78 is 11.3. The van der Waals surface area contributed by atoms with E-state index >= 15 is 0 Å². The van der Waals surface area contributed by atoms with E-state index in [1.807, 2.05) is 48.5 Å². The number of aromatic nitrogens is 1. The van der Waals surface area contributed by atoms with Crippen molar-refractivity contribution in [1.29, 1.82) is 0 Å². The minimum absolute atomic E-state index is 0.803. The van der Waals surface area contributed by atoms with Crippen LogP contribution in [0.15, 0.2) is 79.0 Å². The first-order valence-corrected chi connectivity index (χ1v) is 9.48. The second-order valence-electron chi connectivity index (χ2n) is 6.71. The summed E-state index contributed by atoms with van der Waals surface area (Å²) in [5, 5.41) is 4.75. The zero-order valence-electron chi connectivity index (χ0n) is 15.9. The van der Waals surface area contributed by atoms with Crippen molar-refractivity contribution in [3.8, 4) is 17.2 Å². The lowest BCUT2D eigenvalue weighted by atomic mass is 10.1. The second-order valence-corrected chi connectivity index (χ2v) is 6.71. The molecule has 0 radical (unpaired) electrons. The summed E-state index contributed by atoms with van der Waals surface area (Å²) >= 11 is 0. The molecule has 28 heavy (non-hydrogen) atoms. The molecule has 4 rings (SSSR count). The van der Waals surface area contributed by atoms with Gasteiger partial charge in [-0.2, -0.15) is 0 Å². The fourth-order valence-electron chi connectivity index (χ4n) is 3.29. The Balaban J connectivity index is 1.33. The number of benzene rings is 3. The minimum atomic E-state index is 0.803. The van der Waals surface area contributed by atoms with Crippen molar-refractivity contribution in [1.82, 2.24) is 10.3 Å². The number of aromatic amines is 1. The summed E-state index contributed by atoms with van der Waals surface area (Å²) in [6, 6.07) is 24.2. The molecule has 0 aliphatic carbocycles. The first kappa shape index (κ1) is 18.1. The Morgan fingerprint density at radius 1 is 0.857 bits per heavy atom. The number of hydrogen-bond donors (Lipinski definition) is 2. The lowest BCUT2D eigenvalue weighted by molar-refractivity contribution is 0.415. The summed E-state index contributed by atoms with van der Waals surface area (Å²) in [6.07, 6.45) is 3.04. The van der Waals surface area contributed by atoms with Gasteiger partial charge in [-0.15, -0.1) is 0 Å². The van der Waals surface area contributed by atoms with Gasteiger partial charge in [0, 0.05) is 23.6 Å². The Bertz CT molecular complexity index is 1040. The number of methoxy groups -OCH3 is 1. The van der Waals surface area contributed by atoms with Crippen LogP contribution >= 0.6 is 0 Å². The topological polar surface area (TPSA) is 46.3 Å². The predicted octanol–water partition coefficient (Wildman–Crippen LogP) is 5.30. The number of rotatable bonds is 8.